The van der Waals surface area contributed by atoms with Gasteiger partial charge in [0, 0.05) is 18.1 Å². The summed E-state index contributed by atoms with van der Waals surface area (Å²) in [5, 5.41) is 10.2. The van der Waals surface area contributed by atoms with Crippen LogP contribution in [0.5, 0.6) is 6.01 Å². The van der Waals surface area contributed by atoms with E-state index < -0.39 is 0 Å². The molecule has 3 aromatic heterocycles. The van der Waals surface area contributed by atoms with Gasteiger partial charge < -0.3 is 10.8 Å². The standard InChI is InChI=1S/C17H21N5O/c1-2-3-4-7-13-9-14-15(16(18)20-13)21-17(23)22(14)11-12-6-5-8-19-10-12/h5-6,8-10H,2-4,7,11H2,1H3,(H2,18,20)(H,21,23). The minimum absolute atomic E-state index is 0.0527. The van der Waals surface area contributed by atoms with Crippen LogP contribution in [0.25, 0.3) is 11.0 Å². The zero-order chi connectivity index (χ0) is 16.2. The predicted molar refractivity (Wildman–Crippen MR) is 90.2 cm³/mol. The molecule has 0 saturated carbocycles. The number of aryl methyl sites for hydroxylation is 1. The molecule has 0 aliphatic carbocycles. The van der Waals surface area contributed by atoms with Gasteiger partial charge in [-0.05, 0) is 30.5 Å². The average molecular weight is 311 g/mol. The molecule has 0 amide bonds. The Balaban J connectivity index is 1.98. The Morgan fingerprint density at radius 2 is 2.13 bits per heavy atom. The van der Waals surface area contributed by atoms with E-state index >= 15 is 0 Å². The third-order valence-electron chi connectivity index (χ3n) is 3.90. The predicted octanol–water partition coefficient (Wildman–Crippen LogP) is 2.90. The molecule has 0 aliphatic rings. The summed E-state index contributed by atoms with van der Waals surface area (Å²) in [7, 11) is 0. The Bertz CT molecular complexity index is 798. The summed E-state index contributed by atoms with van der Waals surface area (Å²) in [6.07, 6.45) is 7.79. The lowest BCUT2D eigenvalue weighted by Crippen LogP contribution is -2.02. The van der Waals surface area contributed by atoms with Crippen LogP contribution in [-0.4, -0.2) is 24.6 Å². The van der Waals surface area contributed by atoms with Gasteiger partial charge in [0.2, 0.25) is 0 Å². The zero-order valence-corrected chi connectivity index (χ0v) is 13.2. The van der Waals surface area contributed by atoms with Crippen LogP contribution in [0.2, 0.25) is 0 Å². The van der Waals surface area contributed by atoms with Crippen molar-refractivity contribution < 1.29 is 5.11 Å². The van der Waals surface area contributed by atoms with Crippen LogP contribution in [0, 0.1) is 0 Å². The van der Waals surface area contributed by atoms with Gasteiger partial charge in [0.25, 0.3) is 6.01 Å². The molecule has 23 heavy (non-hydrogen) atoms. The quantitative estimate of drug-likeness (QED) is 0.683. The molecule has 0 atom stereocenters. The molecule has 0 radical (unpaired) electrons. The van der Waals surface area contributed by atoms with E-state index in [1.54, 1.807) is 17.0 Å². The Labute approximate surface area is 135 Å². The van der Waals surface area contributed by atoms with Gasteiger partial charge in [-0.15, -0.1) is 0 Å². The number of rotatable bonds is 6. The highest BCUT2D eigenvalue weighted by Gasteiger charge is 2.15. The molecule has 6 nitrogen and oxygen atoms in total. The van der Waals surface area contributed by atoms with Crippen LogP contribution >= 0.6 is 0 Å². The van der Waals surface area contributed by atoms with Gasteiger partial charge in [-0.1, -0.05) is 25.8 Å². The fraction of sp³-hybridized carbons (Fsp3) is 0.353. The second-order valence-corrected chi connectivity index (χ2v) is 5.68. The number of pyridine rings is 2. The average Bonchev–Trinajstić information content (AvgIpc) is 2.86. The number of hydrogen-bond donors (Lipinski definition) is 2. The molecule has 0 bridgehead atoms. The summed E-state index contributed by atoms with van der Waals surface area (Å²) in [5.41, 5.74) is 9.32. The maximum Gasteiger partial charge on any atom is 0.295 e. The SMILES string of the molecule is CCCCCc1cc2c(nc(O)n2Cc2cccnc2)c(N)n1. The molecule has 0 aliphatic heterocycles. The van der Waals surface area contributed by atoms with Crippen LogP contribution in [0.4, 0.5) is 5.82 Å². The number of imidazole rings is 1. The van der Waals surface area contributed by atoms with E-state index in [1.807, 2.05) is 18.2 Å². The molecule has 6 heteroatoms. The number of hydrogen-bond acceptors (Lipinski definition) is 5. The topological polar surface area (TPSA) is 89.9 Å². The van der Waals surface area contributed by atoms with Crippen LogP contribution < -0.4 is 5.73 Å². The van der Waals surface area contributed by atoms with Crippen LogP contribution in [0.15, 0.2) is 30.6 Å². The fourth-order valence-electron chi connectivity index (χ4n) is 2.70. The summed E-state index contributed by atoms with van der Waals surface area (Å²) in [5.74, 6) is 0.370. The normalized spacial score (nSPS) is 11.2. The number of nitrogens with zero attached hydrogens (tertiary/aromatic N) is 4. The number of nitrogen functional groups attached to an aromatic ring is 1. The van der Waals surface area contributed by atoms with Gasteiger partial charge in [-0.2, -0.15) is 4.98 Å². The van der Waals surface area contributed by atoms with Gasteiger partial charge in [0.1, 0.15) is 5.52 Å². The van der Waals surface area contributed by atoms with Crippen molar-refractivity contribution in [3.8, 4) is 6.01 Å². The summed E-state index contributed by atoms with van der Waals surface area (Å²) >= 11 is 0. The summed E-state index contributed by atoms with van der Waals surface area (Å²) in [6, 6.07) is 5.76. The van der Waals surface area contributed by atoms with E-state index in [-0.39, 0.29) is 6.01 Å². The third kappa shape index (κ3) is 3.26. The van der Waals surface area contributed by atoms with Crippen molar-refractivity contribution in [1.82, 2.24) is 19.5 Å². The van der Waals surface area contributed by atoms with Gasteiger partial charge in [0.15, 0.2) is 5.82 Å². The smallest absolute Gasteiger partial charge is 0.295 e. The Hall–Kier alpha value is -2.63. The third-order valence-corrected chi connectivity index (χ3v) is 3.90. The second-order valence-electron chi connectivity index (χ2n) is 5.68. The second kappa shape index (κ2) is 6.64. The molecular weight excluding hydrogens is 290 g/mol. The highest BCUT2D eigenvalue weighted by atomic mass is 16.3. The molecule has 0 spiro atoms. The molecule has 3 aromatic rings. The van der Waals surface area contributed by atoms with E-state index in [4.69, 9.17) is 5.73 Å². The van der Waals surface area contributed by atoms with E-state index in [9.17, 15) is 5.11 Å². The van der Waals surface area contributed by atoms with Gasteiger partial charge in [-0.3, -0.25) is 9.55 Å². The van der Waals surface area contributed by atoms with Crippen molar-refractivity contribution in [3.63, 3.8) is 0 Å². The van der Waals surface area contributed by atoms with Crippen molar-refractivity contribution >= 4 is 16.9 Å². The number of nitrogens with two attached hydrogens (primary N) is 1. The van der Waals surface area contributed by atoms with E-state index in [0.29, 0.717) is 17.9 Å². The molecule has 0 fully saturated rings. The molecule has 120 valence electrons. The van der Waals surface area contributed by atoms with Crippen molar-refractivity contribution in [1.29, 1.82) is 0 Å². The summed E-state index contributed by atoms with van der Waals surface area (Å²) in [4.78, 5) is 12.7. The number of fused-ring (bicyclic) bond motifs is 1. The Morgan fingerprint density at radius 3 is 2.87 bits per heavy atom. The largest absolute Gasteiger partial charge is 0.480 e. The lowest BCUT2D eigenvalue weighted by Gasteiger charge is -2.07. The first-order chi connectivity index (χ1) is 11.2. The number of unbranched alkanes of at least 4 members (excludes halogenated alkanes) is 2. The van der Waals surface area contributed by atoms with Crippen molar-refractivity contribution in [3.05, 3.63) is 41.9 Å². The van der Waals surface area contributed by atoms with Crippen LogP contribution in [-0.2, 0) is 13.0 Å². The lowest BCUT2D eigenvalue weighted by molar-refractivity contribution is 0.409. The first-order valence-electron chi connectivity index (χ1n) is 7.92. The van der Waals surface area contributed by atoms with E-state index in [0.717, 1.165) is 36.0 Å². The van der Waals surface area contributed by atoms with Crippen LogP contribution in [0.3, 0.4) is 0 Å². The number of anilines is 1. The fourth-order valence-corrected chi connectivity index (χ4v) is 2.70. The highest BCUT2D eigenvalue weighted by Crippen LogP contribution is 2.26. The minimum Gasteiger partial charge on any atom is -0.480 e. The highest BCUT2D eigenvalue weighted by molar-refractivity contribution is 5.86. The van der Waals surface area contributed by atoms with Crippen LogP contribution in [0.1, 0.15) is 37.4 Å². The molecule has 0 unspecified atom stereocenters. The minimum atomic E-state index is -0.0527. The monoisotopic (exact) mass is 311 g/mol. The molecule has 3 N–H and O–H groups in total. The first kappa shape index (κ1) is 15.3. The molecular formula is C17H21N5O. The van der Waals surface area contributed by atoms with Crippen molar-refractivity contribution in [2.45, 2.75) is 39.2 Å². The van der Waals surface area contributed by atoms with Gasteiger partial charge in [-0.25, -0.2) is 4.98 Å². The molecule has 0 aromatic carbocycles. The van der Waals surface area contributed by atoms with E-state index in [1.165, 1.54) is 6.42 Å². The molecule has 3 rings (SSSR count). The zero-order valence-electron chi connectivity index (χ0n) is 13.2. The van der Waals surface area contributed by atoms with Gasteiger partial charge >= 0.3 is 0 Å². The molecule has 0 saturated heterocycles. The Kier molecular flexibility index (Phi) is 4.41. The van der Waals surface area contributed by atoms with Crippen molar-refractivity contribution in [2.24, 2.45) is 0 Å². The van der Waals surface area contributed by atoms with E-state index in [2.05, 4.69) is 21.9 Å². The lowest BCUT2D eigenvalue weighted by atomic mass is 10.1. The Morgan fingerprint density at radius 1 is 1.26 bits per heavy atom. The molecule has 3 heterocycles. The first-order valence-corrected chi connectivity index (χ1v) is 7.92. The number of aromatic hydroxyl groups is 1. The summed E-state index contributed by atoms with van der Waals surface area (Å²) in [6.45, 7) is 2.67. The van der Waals surface area contributed by atoms with Gasteiger partial charge in [0.05, 0.1) is 12.1 Å². The summed E-state index contributed by atoms with van der Waals surface area (Å²) < 4.78 is 1.74. The maximum atomic E-state index is 10.2. The van der Waals surface area contributed by atoms with Crippen molar-refractivity contribution in [2.75, 3.05) is 5.73 Å². The number of aromatic nitrogens is 4. The maximum absolute atomic E-state index is 10.2.